The summed E-state index contributed by atoms with van der Waals surface area (Å²) in [5.41, 5.74) is 0. The minimum Gasteiger partial charge on any atom is -0.153 e. The predicted octanol–water partition coefficient (Wildman–Crippen LogP) is 0.0506. The van der Waals surface area contributed by atoms with E-state index in [1.165, 1.54) is 0 Å². The van der Waals surface area contributed by atoms with Gasteiger partial charge in [0.2, 0.25) is 0 Å². The molecule has 1 unspecified atom stereocenters. The minimum absolute atomic E-state index is 0. The zero-order valence-corrected chi connectivity index (χ0v) is 7.11. The molecule has 0 saturated heterocycles. The summed E-state index contributed by atoms with van der Waals surface area (Å²) in [5, 5.41) is 0. The molecule has 0 aromatic heterocycles. The fourth-order valence-electron chi connectivity index (χ4n) is 0. The van der Waals surface area contributed by atoms with Gasteiger partial charge >= 0.3 is 0 Å². The van der Waals surface area contributed by atoms with Gasteiger partial charge in [0.1, 0.15) is 0 Å². The van der Waals surface area contributed by atoms with Crippen molar-refractivity contribution in [3.63, 3.8) is 0 Å². The first-order chi connectivity index (χ1) is 0. The Labute approximate surface area is 65.6 Å². The summed E-state index contributed by atoms with van der Waals surface area (Å²) in [6.45, 7) is 0. The smallest absolute Gasteiger partial charge is 0 e. The largest absolute Gasteiger partial charge is 0.153 e. The van der Waals surface area contributed by atoms with Gasteiger partial charge in [0.05, 0.1) is 0 Å². The van der Waals surface area contributed by atoms with E-state index in [2.05, 4.69) is 0 Å². The van der Waals surface area contributed by atoms with Gasteiger partial charge in [0, 0.05) is 56.1 Å². The molecule has 4 heteroatoms. The van der Waals surface area contributed by atoms with Gasteiger partial charge in [0.15, 0.2) is 0 Å². The van der Waals surface area contributed by atoms with Crippen LogP contribution in [0.1, 0.15) is 0 Å². The third kappa shape index (κ3) is 8.89. The van der Waals surface area contributed by atoms with E-state index in [0.717, 1.165) is 0 Å². The molecule has 0 aromatic carbocycles. The molecule has 0 aliphatic heterocycles. The molecule has 0 aliphatic carbocycles. The van der Waals surface area contributed by atoms with Crippen molar-refractivity contribution in [3.8, 4) is 0 Å². The third-order valence-corrected chi connectivity index (χ3v) is 0. The molecule has 0 N–H and O–H groups in total. The molecular weight excluding hydrogens is 194 g/mol. The fourth-order valence-corrected chi connectivity index (χ4v) is 0. The van der Waals surface area contributed by atoms with Crippen LogP contribution < -0.4 is 0 Å². The van der Waals surface area contributed by atoms with Crippen molar-refractivity contribution in [2.75, 3.05) is 0 Å². The normalized spacial score (nSPS) is 0. The van der Waals surface area contributed by atoms with Crippen molar-refractivity contribution in [2.45, 2.75) is 0 Å². The molecule has 0 spiro atoms. The summed E-state index contributed by atoms with van der Waals surface area (Å²) in [4.78, 5) is 0. The molecule has 0 amide bonds. The molecular formula is H3CrCuPTi. The Bertz CT molecular complexity index is 8.00. The number of hydrogen-bond acceptors (Lipinski definition) is 0. The number of hydrogen-bond donors (Lipinski definition) is 0. The quantitative estimate of drug-likeness (QED) is 0.380. The summed E-state index contributed by atoms with van der Waals surface area (Å²) < 4.78 is 0. The van der Waals surface area contributed by atoms with E-state index in [-0.39, 0.29) is 66.0 Å². The Morgan fingerprint density at radius 1 is 1.00 bits per heavy atom. The molecule has 0 aliphatic rings. The zero-order valence-electron chi connectivity index (χ0n) is 1.92. The summed E-state index contributed by atoms with van der Waals surface area (Å²) in [6, 6.07) is 0. The van der Waals surface area contributed by atoms with Crippen molar-refractivity contribution >= 4 is 9.90 Å². The zero-order chi connectivity index (χ0) is 0. The van der Waals surface area contributed by atoms with Gasteiger partial charge in [-0.15, -0.1) is 0 Å². The monoisotopic (exact) mass is 197 g/mol. The van der Waals surface area contributed by atoms with E-state index < -0.39 is 0 Å². The van der Waals surface area contributed by atoms with E-state index >= 15 is 0 Å². The molecule has 0 saturated carbocycles. The molecule has 0 aromatic rings. The molecule has 1 atom stereocenters. The molecule has 0 rings (SSSR count). The Hall–Kier alpha value is 2.20. The average Bonchev–Trinajstić information content (AvgIpc) is 0. The van der Waals surface area contributed by atoms with E-state index in [1.807, 2.05) is 0 Å². The van der Waals surface area contributed by atoms with Gasteiger partial charge in [-0.25, -0.2) is 0 Å². The fraction of sp³-hybridized carbons (Fsp3) is 0. The van der Waals surface area contributed by atoms with Crippen LogP contribution >= 0.6 is 9.90 Å². The average molecular weight is 197 g/mol. The van der Waals surface area contributed by atoms with E-state index in [9.17, 15) is 0 Å². The van der Waals surface area contributed by atoms with Crippen LogP contribution in [0.4, 0.5) is 0 Å². The van der Waals surface area contributed by atoms with Crippen molar-refractivity contribution in [1.29, 1.82) is 0 Å². The maximum Gasteiger partial charge on any atom is 0 e. The molecule has 0 heterocycles. The Morgan fingerprint density at radius 2 is 1.00 bits per heavy atom. The van der Waals surface area contributed by atoms with Crippen LogP contribution in [0.15, 0.2) is 0 Å². The Balaban J connectivity index is 0. The molecule has 4 heavy (non-hydrogen) atoms. The van der Waals surface area contributed by atoms with Crippen molar-refractivity contribution in [2.24, 2.45) is 0 Å². The molecule has 29 valence electrons. The molecule has 0 nitrogen and oxygen atoms in total. The predicted molar refractivity (Wildman–Crippen MR) is 11.1 cm³/mol. The van der Waals surface area contributed by atoms with Crippen molar-refractivity contribution in [1.82, 2.24) is 0 Å². The standard InChI is InChI=1S/Cr.Cu.H3P.Ti/h;;1H3;. The first-order valence-corrected chi connectivity index (χ1v) is 0. The summed E-state index contributed by atoms with van der Waals surface area (Å²) in [5.74, 6) is 0. The first-order valence-electron chi connectivity index (χ1n) is 0. The van der Waals surface area contributed by atoms with Crippen LogP contribution in [0.3, 0.4) is 0 Å². The summed E-state index contributed by atoms with van der Waals surface area (Å²) in [6.07, 6.45) is 0. The van der Waals surface area contributed by atoms with Gasteiger partial charge in [0.25, 0.3) is 0 Å². The van der Waals surface area contributed by atoms with Gasteiger partial charge in [-0.05, 0) is 0 Å². The second-order valence-electron chi connectivity index (χ2n) is 0. The molecule has 0 bridgehead atoms. The second-order valence-corrected chi connectivity index (χ2v) is 0. The van der Waals surface area contributed by atoms with E-state index in [4.69, 9.17) is 0 Å². The van der Waals surface area contributed by atoms with Crippen LogP contribution in [0, 0.1) is 0 Å². The number of rotatable bonds is 0. The van der Waals surface area contributed by atoms with E-state index in [1.54, 1.807) is 0 Å². The van der Waals surface area contributed by atoms with Crippen LogP contribution in [0.25, 0.3) is 0 Å². The maximum atomic E-state index is 0. The van der Waals surface area contributed by atoms with Crippen LogP contribution in [0.5, 0.6) is 0 Å². The summed E-state index contributed by atoms with van der Waals surface area (Å²) >= 11 is 0. The van der Waals surface area contributed by atoms with Crippen molar-refractivity contribution in [3.05, 3.63) is 0 Å². The Kier molecular flexibility index (Phi) is 164. The first kappa shape index (κ1) is 34.7. The SMILES string of the molecule is P.[Cr].[Cu].[Ti]. The minimum atomic E-state index is 0. The van der Waals surface area contributed by atoms with Gasteiger partial charge < -0.3 is 0 Å². The topological polar surface area (TPSA) is 0 Å². The van der Waals surface area contributed by atoms with Crippen LogP contribution in [-0.4, -0.2) is 0 Å². The maximum absolute atomic E-state index is 0. The van der Waals surface area contributed by atoms with Crippen LogP contribution in [0.2, 0.25) is 0 Å². The van der Waals surface area contributed by atoms with Crippen molar-refractivity contribution < 1.29 is 56.1 Å². The van der Waals surface area contributed by atoms with Gasteiger partial charge in [-0.1, -0.05) is 0 Å². The third-order valence-electron chi connectivity index (χ3n) is 0. The Morgan fingerprint density at radius 3 is 1.00 bits per heavy atom. The summed E-state index contributed by atoms with van der Waals surface area (Å²) in [7, 11) is 0. The second kappa shape index (κ2) is 19.0. The van der Waals surface area contributed by atoms with Gasteiger partial charge in [-0.3, -0.25) is 0 Å². The van der Waals surface area contributed by atoms with Crippen LogP contribution in [-0.2, 0) is 56.1 Å². The molecule has 0 fully saturated rings. The van der Waals surface area contributed by atoms with E-state index in [0.29, 0.717) is 0 Å². The van der Waals surface area contributed by atoms with Gasteiger partial charge in [-0.2, -0.15) is 9.90 Å². The molecule has 1 radical (unpaired) electrons.